The molecule has 2 aromatic carbocycles. The van der Waals surface area contributed by atoms with Crippen molar-refractivity contribution in [1.29, 1.82) is 0 Å². The first-order chi connectivity index (χ1) is 11.7. The standard InChI is InChI=1S/C20H26O3Se/c1-4-18(21)17-12-8-9-13-20(17)24-14-19(23-15(2)22-3)16-10-6-5-7-11-16/h5-13,15,18-19,21H,4,14H2,1-3H3/t15?,18-,19-/m0/s1. The average molecular weight is 393 g/mol. The number of methoxy groups -OCH3 is 1. The Morgan fingerprint density at radius 2 is 1.71 bits per heavy atom. The molecule has 24 heavy (non-hydrogen) atoms. The number of benzene rings is 2. The number of ether oxygens (including phenoxy) is 2. The summed E-state index contributed by atoms with van der Waals surface area (Å²) in [4.78, 5) is 0. The van der Waals surface area contributed by atoms with E-state index in [1.807, 2.05) is 50.2 Å². The van der Waals surface area contributed by atoms with Crippen molar-refractivity contribution < 1.29 is 14.6 Å². The summed E-state index contributed by atoms with van der Waals surface area (Å²) in [6.45, 7) is 3.92. The van der Waals surface area contributed by atoms with Crippen molar-refractivity contribution in [2.75, 3.05) is 7.11 Å². The molecule has 0 heterocycles. The molecule has 0 aromatic heterocycles. The van der Waals surface area contributed by atoms with Crippen molar-refractivity contribution in [2.24, 2.45) is 0 Å². The molecule has 2 aromatic rings. The second-order valence-electron chi connectivity index (χ2n) is 5.61. The van der Waals surface area contributed by atoms with Crippen molar-refractivity contribution in [3.05, 3.63) is 65.7 Å². The second kappa shape index (κ2) is 9.97. The first kappa shape index (κ1) is 19.2. The predicted molar refractivity (Wildman–Crippen MR) is 98.6 cm³/mol. The van der Waals surface area contributed by atoms with Gasteiger partial charge in [-0.15, -0.1) is 0 Å². The van der Waals surface area contributed by atoms with Crippen molar-refractivity contribution in [2.45, 2.75) is 44.1 Å². The third kappa shape index (κ3) is 5.44. The molecule has 0 saturated carbocycles. The van der Waals surface area contributed by atoms with Crippen LogP contribution in [0.4, 0.5) is 0 Å². The van der Waals surface area contributed by atoms with E-state index in [4.69, 9.17) is 9.47 Å². The van der Waals surface area contributed by atoms with Crippen LogP contribution < -0.4 is 4.46 Å². The Morgan fingerprint density at radius 3 is 2.38 bits per heavy atom. The Kier molecular flexibility index (Phi) is 7.96. The topological polar surface area (TPSA) is 38.7 Å². The van der Waals surface area contributed by atoms with Gasteiger partial charge in [0.2, 0.25) is 0 Å². The SMILES string of the molecule is CC[C@H](O)c1ccccc1[Se]C[C@H](OC(C)OC)c1ccccc1. The van der Waals surface area contributed by atoms with Gasteiger partial charge in [0.25, 0.3) is 0 Å². The van der Waals surface area contributed by atoms with E-state index in [0.717, 1.165) is 22.9 Å². The molecule has 130 valence electrons. The fraction of sp³-hybridized carbons (Fsp3) is 0.400. The third-order valence-electron chi connectivity index (χ3n) is 3.91. The van der Waals surface area contributed by atoms with E-state index in [2.05, 4.69) is 18.2 Å². The monoisotopic (exact) mass is 394 g/mol. The van der Waals surface area contributed by atoms with Crippen molar-refractivity contribution in [3.8, 4) is 0 Å². The van der Waals surface area contributed by atoms with Crippen LogP contribution in [0.5, 0.6) is 0 Å². The van der Waals surface area contributed by atoms with Gasteiger partial charge in [-0.25, -0.2) is 0 Å². The maximum atomic E-state index is 10.2. The van der Waals surface area contributed by atoms with Crippen LogP contribution in [-0.4, -0.2) is 33.5 Å². The molecule has 3 nitrogen and oxygen atoms in total. The Labute approximate surface area is 151 Å². The van der Waals surface area contributed by atoms with Gasteiger partial charge >= 0.3 is 151 Å². The van der Waals surface area contributed by atoms with Gasteiger partial charge in [-0.1, -0.05) is 0 Å². The Hall–Kier alpha value is -1.16. The fourth-order valence-electron chi connectivity index (χ4n) is 2.44. The van der Waals surface area contributed by atoms with Crippen molar-refractivity contribution >= 4 is 19.4 Å². The summed E-state index contributed by atoms with van der Waals surface area (Å²) in [5.74, 6) is 0. The number of aliphatic hydroxyl groups is 1. The average Bonchev–Trinajstić information content (AvgIpc) is 2.65. The molecular weight excluding hydrogens is 367 g/mol. The number of aliphatic hydroxyl groups excluding tert-OH is 1. The van der Waals surface area contributed by atoms with Gasteiger partial charge in [0.05, 0.1) is 0 Å². The summed E-state index contributed by atoms with van der Waals surface area (Å²) >= 11 is 0.209. The summed E-state index contributed by atoms with van der Waals surface area (Å²) in [5.41, 5.74) is 2.21. The van der Waals surface area contributed by atoms with E-state index < -0.39 is 6.10 Å². The van der Waals surface area contributed by atoms with Crippen LogP contribution in [0.3, 0.4) is 0 Å². The number of rotatable bonds is 9. The molecule has 0 fully saturated rings. The first-order valence-corrected chi connectivity index (χ1v) is 10.4. The van der Waals surface area contributed by atoms with Crippen LogP contribution in [0.25, 0.3) is 0 Å². The Balaban J connectivity index is 2.13. The molecule has 0 amide bonds. The molecular formula is C20H26O3Se. The summed E-state index contributed by atoms with van der Waals surface area (Å²) in [6.07, 6.45) is 0.0828. The van der Waals surface area contributed by atoms with Crippen LogP contribution >= 0.6 is 0 Å². The molecule has 0 aliphatic heterocycles. The summed E-state index contributed by atoms with van der Waals surface area (Å²) in [6, 6.07) is 18.4. The summed E-state index contributed by atoms with van der Waals surface area (Å²) < 4.78 is 12.6. The first-order valence-electron chi connectivity index (χ1n) is 8.28. The van der Waals surface area contributed by atoms with Crippen LogP contribution in [0.1, 0.15) is 43.6 Å². The zero-order valence-corrected chi connectivity index (χ0v) is 16.2. The number of hydrogen-bond donors (Lipinski definition) is 1. The van der Waals surface area contributed by atoms with Gasteiger partial charge < -0.3 is 0 Å². The summed E-state index contributed by atoms with van der Waals surface area (Å²) in [5, 5.41) is 11.1. The van der Waals surface area contributed by atoms with Gasteiger partial charge in [-0.3, -0.25) is 0 Å². The van der Waals surface area contributed by atoms with Gasteiger partial charge in [0.15, 0.2) is 0 Å². The molecule has 0 aliphatic rings. The van der Waals surface area contributed by atoms with Crippen molar-refractivity contribution in [1.82, 2.24) is 0 Å². The third-order valence-corrected chi connectivity index (χ3v) is 6.33. The molecule has 4 heteroatoms. The molecule has 0 aliphatic carbocycles. The van der Waals surface area contributed by atoms with Gasteiger partial charge in [-0.2, -0.15) is 0 Å². The zero-order chi connectivity index (χ0) is 17.4. The van der Waals surface area contributed by atoms with Crippen LogP contribution in [-0.2, 0) is 9.47 Å². The molecule has 0 saturated heterocycles. The zero-order valence-electron chi connectivity index (χ0n) is 14.5. The Bertz CT molecular complexity index is 603. The van der Waals surface area contributed by atoms with Gasteiger partial charge in [0, 0.05) is 0 Å². The second-order valence-corrected chi connectivity index (χ2v) is 7.84. The minimum atomic E-state index is -0.392. The van der Waals surface area contributed by atoms with E-state index in [-0.39, 0.29) is 27.4 Å². The molecule has 0 radical (unpaired) electrons. The van der Waals surface area contributed by atoms with E-state index in [0.29, 0.717) is 0 Å². The molecule has 2 rings (SSSR count). The molecule has 1 unspecified atom stereocenters. The molecule has 1 N–H and O–H groups in total. The van der Waals surface area contributed by atoms with Gasteiger partial charge in [0.1, 0.15) is 0 Å². The van der Waals surface area contributed by atoms with E-state index in [1.165, 1.54) is 4.46 Å². The fourth-order valence-corrected chi connectivity index (χ4v) is 4.85. The van der Waals surface area contributed by atoms with Crippen LogP contribution in [0.2, 0.25) is 5.32 Å². The molecule has 0 spiro atoms. The molecule has 0 bridgehead atoms. The van der Waals surface area contributed by atoms with Crippen LogP contribution in [0.15, 0.2) is 54.6 Å². The molecule has 3 atom stereocenters. The van der Waals surface area contributed by atoms with E-state index >= 15 is 0 Å². The summed E-state index contributed by atoms with van der Waals surface area (Å²) in [7, 11) is 1.66. The van der Waals surface area contributed by atoms with E-state index in [1.54, 1.807) is 7.11 Å². The van der Waals surface area contributed by atoms with Gasteiger partial charge in [-0.05, 0) is 0 Å². The minimum absolute atomic E-state index is 0.00650. The number of hydrogen-bond acceptors (Lipinski definition) is 3. The predicted octanol–water partition coefficient (Wildman–Crippen LogP) is 3.63. The Morgan fingerprint density at radius 1 is 1.04 bits per heavy atom. The van der Waals surface area contributed by atoms with E-state index in [9.17, 15) is 5.11 Å². The quantitative estimate of drug-likeness (QED) is 0.522. The maximum absolute atomic E-state index is 10.2. The normalized spacial score (nSPS) is 15.0. The van der Waals surface area contributed by atoms with Crippen molar-refractivity contribution in [3.63, 3.8) is 0 Å². The van der Waals surface area contributed by atoms with Crippen LogP contribution in [0, 0.1) is 0 Å².